The maximum Gasteiger partial charge on any atom is 0.264 e. The number of amides is 2. The van der Waals surface area contributed by atoms with Gasteiger partial charge in [-0.2, -0.15) is 0 Å². The second kappa shape index (κ2) is 13.7. The highest BCUT2D eigenvalue weighted by atomic mass is 35.5. The van der Waals surface area contributed by atoms with Gasteiger partial charge in [0.25, 0.3) is 10.0 Å². The minimum absolute atomic E-state index is 0.0285. The quantitative estimate of drug-likeness (QED) is 0.316. The van der Waals surface area contributed by atoms with Crippen LogP contribution in [0.5, 0.6) is 5.75 Å². The van der Waals surface area contributed by atoms with Crippen LogP contribution in [-0.2, 0) is 26.2 Å². The number of halogens is 1. The first-order valence-corrected chi connectivity index (χ1v) is 14.9. The predicted molar refractivity (Wildman–Crippen MR) is 158 cm³/mol. The lowest BCUT2D eigenvalue weighted by molar-refractivity contribution is -0.139. The lowest BCUT2D eigenvalue weighted by Crippen LogP contribution is -2.52. The fourth-order valence-electron chi connectivity index (χ4n) is 4.07. The SMILES string of the molecule is CC[C@@H](C)NC(=O)[C@@H](C)N(Cc1cccc(Cl)c1)C(=O)CN(c1ccccc1OC)S(=O)(=O)c1ccc(C)cc1. The highest BCUT2D eigenvalue weighted by Gasteiger charge is 2.34. The fraction of sp³-hybridized carbons (Fsp3) is 0.333. The molecule has 0 aromatic heterocycles. The van der Waals surface area contributed by atoms with Crippen LogP contribution in [0.3, 0.4) is 0 Å². The number of aryl methyl sites for hydroxylation is 1. The second-order valence-electron chi connectivity index (χ2n) is 9.64. The number of rotatable bonds is 12. The molecular formula is C30H36ClN3O5S. The zero-order chi connectivity index (χ0) is 29.4. The van der Waals surface area contributed by atoms with E-state index in [2.05, 4.69) is 5.32 Å². The standard InChI is InChI=1S/C30H36ClN3O5S/c1-6-22(3)32-30(36)23(4)33(19-24-10-9-11-25(31)18-24)29(35)20-34(27-12-7-8-13-28(27)39-5)40(37,38)26-16-14-21(2)15-17-26/h7-18,22-23H,6,19-20H2,1-5H3,(H,32,36)/t22-,23-/m1/s1. The number of benzene rings is 3. The summed E-state index contributed by atoms with van der Waals surface area (Å²) in [4.78, 5) is 28.6. The van der Waals surface area contributed by atoms with Crippen molar-refractivity contribution in [3.8, 4) is 5.75 Å². The first kappa shape index (κ1) is 31.0. The second-order valence-corrected chi connectivity index (χ2v) is 11.9. The van der Waals surface area contributed by atoms with E-state index < -0.39 is 28.5 Å². The average Bonchev–Trinajstić information content (AvgIpc) is 2.94. The van der Waals surface area contributed by atoms with Gasteiger partial charge in [0.2, 0.25) is 11.8 Å². The first-order valence-electron chi connectivity index (χ1n) is 13.0. The Balaban J connectivity index is 2.06. The molecule has 0 unspecified atom stereocenters. The monoisotopic (exact) mass is 585 g/mol. The molecule has 0 saturated heterocycles. The lowest BCUT2D eigenvalue weighted by Gasteiger charge is -2.32. The van der Waals surface area contributed by atoms with E-state index in [9.17, 15) is 18.0 Å². The van der Waals surface area contributed by atoms with Gasteiger partial charge in [0, 0.05) is 17.6 Å². The number of hydrogen-bond donors (Lipinski definition) is 1. The number of nitrogens with one attached hydrogen (secondary N) is 1. The van der Waals surface area contributed by atoms with E-state index in [-0.39, 0.29) is 34.8 Å². The van der Waals surface area contributed by atoms with Gasteiger partial charge in [-0.3, -0.25) is 13.9 Å². The van der Waals surface area contributed by atoms with Crippen LogP contribution in [0.15, 0.2) is 77.7 Å². The fourth-order valence-corrected chi connectivity index (χ4v) is 5.70. The molecule has 3 aromatic carbocycles. The van der Waals surface area contributed by atoms with Crippen LogP contribution in [0.2, 0.25) is 5.02 Å². The number of methoxy groups -OCH3 is 1. The number of nitrogens with zero attached hydrogens (tertiary/aromatic N) is 2. The topological polar surface area (TPSA) is 96.0 Å². The van der Waals surface area contributed by atoms with Crippen molar-refractivity contribution in [2.24, 2.45) is 0 Å². The van der Waals surface area contributed by atoms with E-state index in [4.69, 9.17) is 16.3 Å². The Morgan fingerprint density at radius 2 is 1.68 bits per heavy atom. The number of para-hydroxylation sites is 2. The Hall–Kier alpha value is -3.56. The van der Waals surface area contributed by atoms with Gasteiger partial charge in [-0.1, -0.05) is 60.5 Å². The Bertz CT molecular complexity index is 1430. The van der Waals surface area contributed by atoms with Crippen molar-refractivity contribution >= 4 is 39.1 Å². The molecule has 10 heteroatoms. The van der Waals surface area contributed by atoms with Crippen LogP contribution in [-0.4, -0.2) is 50.9 Å². The molecule has 2 amide bonds. The van der Waals surface area contributed by atoms with Crippen LogP contribution >= 0.6 is 11.6 Å². The molecule has 2 atom stereocenters. The van der Waals surface area contributed by atoms with E-state index in [0.29, 0.717) is 10.6 Å². The largest absolute Gasteiger partial charge is 0.495 e. The van der Waals surface area contributed by atoms with Crippen LogP contribution in [0.4, 0.5) is 5.69 Å². The molecule has 0 aliphatic heterocycles. The number of carbonyl (C=O) groups is 2. The molecule has 0 aliphatic carbocycles. The lowest BCUT2D eigenvalue weighted by atomic mass is 10.1. The van der Waals surface area contributed by atoms with Gasteiger partial charge in [0.15, 0.2) is 0 Å². The molecule has 214 valence electrons. The highest BCUT2D eigenvalue weighted by molar-refractivity contribution is 7.92. The Kier molecular flexibility index (Phi) is 10.6. The van der Waals surface area contributed by atoms with Gasteiger partial charge in [-0.25, -0.2) is 8.42 Å². The molecule has 40 heavy (non-hydrogen) atoms. The zero-order valence-corrected chi connectivity index (χ0v) is 25.0. The van der Waals surface area contributed by atoms with Crippen LogP contribution in [0.1, 0.15) is 38.3 Å². The number of carbonyl (C=O) groups excluding carboxylic acids is 2. The molecule has 0 heterocycles. The summed E-state index contributed by atoms with van der Waals surface area (Å²) in [6.07, 6.45) is 0.719. The van der Waals surface area contributed by atoms with Crippen molar-refractivity contribution in [1.82, 2.24) is 10.2 Å². The van der Waals surface area contributed by atoms with Gasteiger partial charge in [0.1, 0.15) is 18.3 Å². The highest BCUT2D eigenvalue weighted by Crippen LogP contribution is 2.32. The molecule has 0 fully saturated rings. The van der Waals surface area contributed by atoms with Gasteiger partial charge < -0.3 is 15.0 Å². The third-order valence-corrected chi connectivity index (χ3v) is 8.66. The summed E-state index contributed by atoms with van der Waals surface area (Å²) in [6.45, 7) is 6.81. The van der Waals surface area contributed by atoms with Gasteiger partial charge in [-0.15, -0.1) is 0 Å². The van der Waals surface area contributed by atoms with E-state index in [1.165, 1.54) is 24.1 Å². The van der Waals surface area contributed by atoms with Crippen molar-refractivity contribution in [1.29, 1.82) is 0 Å². The summed E-state index contributed by atoms with van der Waals surface area (Å²) < 4.78 is 34.4. The van der Waals surface area contributed by atoms with E-state index in [1.54, 1.807) is 67.6 Å². The van der Waals surface area contributed by atoms with Crippen molar-refractivity contribution in [2.75, 3.05) is 18.0 Å². The summed E-state index contributed by atoms with van der Waals surface area (Å²) in [5.74, 6) is -0.613. The van der Waals surface area contributed by atoms with Crippen molar-refractivity contribution in [2.45, 2.75) is 57.6 Å². The molecule has 0 radical (unpaired) electrons. The maximum absolute atomic E-state index is 14.0. The van der Waals surface area contributed by atoms with Crippen LogP contribution in [0, 0.1) is 6.92 Å². The van der Waals surface area contributed by atoms with Crippen molar-refractivity contribution in [3.63, 3.8) is 0 Å². The molecule has 0 aliphatic rings. The maximum atomic E-state index is 14.0. The first-order chi connectivity index (χ1) is 19.0. The summed E-state index contributed by atoms with van der Waals surface area (Å²) >= 11 is 6.19. The molecule has 1 N–H and O–H groups in total. The van der Waals surface area contributed by atoms with Crippen LogP contribution < -0.4 is 14.4 Å². The predicted octanol–water partition coefficient (Wildman–Crippen LogP) is 5.18. The van der Waals surface area contributed by atoms with E-state index in [1.807, 2.05) is 20.8 Å². The zero-order valence-electron chi connectivity index (χ0n) is 23.4. The summed E-state index contributed by atoms with van der Waals surface area (Å²) in [5.41, 5.74) is 1.81. The summed E-state index contributed by atoms with van der Waals surface area (Å²) in [5, 5.41) is 3.40. The van der Waals surface area contributed by atoms with E-state index in [0.717, 1.165) is 16.3 Å². The van der Waals surface area contributed by atoms with Gasteiger partial charge in [-0.05, 0) is 69.2 Å². The Morgan fingerprint density at radius 1 is 1.00 bits per heavy atom. The molecule has 0 bridgehead atoms. The molecule has 3 aromatic rings. The number of sulfonamides is 1. The van der Waals surface area contributed by atoms with Gasteiger partial charge >= 0.3 is 0 Å². The smallest absolute Gasteiger partial charge is 0.264 e. The third kappa shape index (κ3) is 7.55. The minimum Gasteiger partial charge on any atom is -0.495 e. The van der Waals surface area contributed by atoms with Crippen molar-refractivity contribution in [3.05, 3.63) is 88.9 Å². The van der Waals surface area contributed by atoms with Crippen molar-refractivity contribution < 1.29 is 22.7 Å². The molecule has 0 saturated carbocycles. The molecule has 8 nitrogen and oxygen atoms in total. The van der Waals surface area contributed by atoms with E-state index >= 15 is 0 Å². The summed E-state index contributed by atoms with van der Waals surface area (Å²) in [6, 6.07) is 19.0. The number of hydrogen-bond acceptors (Lipinski definition) is 5. The van der Waals surface area contributed by atoms with Crippen LogP contribution in [0.25, 0.3) is 0 Å². The molecule has 3 rings (SSSR count). The average molecular weight is 586 g/mol. The van der Waals surface area contributed by atoms with Gasteiger partial charge in [0.05, 0.1) is 17.7 Å². The molecular weight excluding hydrogens is 550 g/mol. The minimum atomic E-state index is -4.20. The summed E-state index contributed by atoms with van der Waals surface area (Å²) in [7, 11) is -2.76. The third-order valence-electron chi connectivity index (χ3n) is 6.65. The molecule has 0 spiro atoms. The normalized spacial score (nSPS) is 12.8. The Morgan fingerprint density at radius 3 is 2.30 bits per heavy atom. The number of anilines is 1. The Labute approximate surface area is 241 Å². The number of ether oxygens (including phenoxy) is 1.